The fourth-order valence-electron chi connectivity index (χ4n) is 2.56. The molecule has 3 rings (SSSR count). The number of hydrogen-bond acceptors (Lipinski definition) is 6. The number of ether oxygens (including phenoxy) is 2. The van der Waals surface area contributed by atoms with Gasteiger partial charge in [-0.05, 0) is 35.9 Å². The zero-order valence-corrected chi connectivity index (χ0v) is 14.4. The van der Waals surface area contributed by atoms with Crippen LogP contribution in [0.15, 0.2) is 48.8 Å². The fourth-order valence-corrected chi connectivity index (χ4v) is 2.56. The number of hydrogen-bond donors (Lipinski definition) is 2. The molecule has 0 aliphatic carbocycles. The number of amides is 1. The first kappa shape index (κ1) is 17.2. The lowest BCUT2D eigenvalue weighted by Gasteiger charge is -2.11. The molecule has 7 nitrogen and oxygen atoms in total. The van der Waals surface area contributed by atoms with Gasteiger partial charge in [0.15, 0.2) is 11.5 Å². The van der Waals surface area contributed by atoms with Crippen molar-refractivity contribution in [3.8, 4) is 33.9 Å². The molecule has 132 valence electrons. The van der Waals surface area contributed by atoms with Crippen LogP contribution < -0.4 is 20.5 Å². The van der Waals surface area contributed by atoms with Crippen molar-refractivity contribution in [2.75, 3.05) is 25.3 Å². The highest BCUT2D eigenvalue weighted by molar-refractivity contribution is 5.79. The van der Waals surface area contributed by atoms with E-state index in [1.807, 2.05) is 24.3 Å². The molecule has 3 aromatic rings. The van der Waals surface area contributed by atoms with Crippen molar-refractivity contribution in [3.63, 3.8) is 0 Å². The van der Waals surface area contributed by atoms with E-state index in [0.29, 0.717) is 40.7 Å². The SMILES string of the molecule is COc1ccc(-c2cnc(N)c(-c3ccc(NC=O)cn3)c2)cc1OC. The van der Waals surface area contributed by atoms with Gasteiger partial charge in [0.05, 0.1) is 31.8 Å². The maximum absolute atomic E-state index is 10.5. The van der Waals surface area contributed by atoms with Crippen LogP contribution in [-0.2, 0) is 4.79 Å². The zero-order valence-electron chi connectivity index (χ0n) is 14.4. The molecule has 0 atom stereocenters. The minimum absolute atomic E-state index is 0.373. The van der Waals surface area contributed by atoms with E-state index in [4.69, 9.17) is 15.2 Å². The van der Waals surface area contributed by atoms with Crippen LogP contribution in [-0.4, -0.2) is 30.6 Å². The van der Waals surface area contributed by atoms with Crippen molar-refractivity contribution < 1.29 is 14.3 Å². The van der Waals surface area contributed by atoms with Gasteiger partial charge in [0.25, 0.3) is 0 Å². The van der Waals surface area contributed by atoms with E-state index in [9.17, 15) is 4.79 Å². The van der Waals surface area contributed by atoms with Crippen LogP contribution in [0.25, 0.3) is 22.4 Å². The molecule has 0 saturated heterocycles. The molecular weight excluding hydrogens is 332 g/mol. The number of anilines is 2. The Kier molecular flexibility index (Phi) is 4.98. The molecule has 0 spiro atoms. The molecule has 0 bridgehead atoms. The van der Waals surface area contributed by atoms with Gasteiger partial charge >= 0.3 is 0 Å². The highest BCUT2D eigenvalue weighted by Gasteiger charge is 2.11. The maximum atomic E-state index is 10.5. The lowest BCUT2D eigenvalue weighted by atomic mass is 10.0. The summed E-state index contributed by atoms with van der Waals surface area (Å²) in [5, 5.41) is 2.55. The van der Waals surface area contributed by atoms with Gasteiger partial charge in [-0.2, -0.15) is 0 Å². The fraction of sp³-hybridized carbons (Fsp3) is 0.105. The molecule has 0 unspecified atom stereocenters. The summed E-state index contributed by atoms with van der Waals surface area (Å²) in [6.45, 7) is 0. The van der Waals surface area contributed by atoms with Crippen LogP contribution in [0.1, 0.15) is 0 Å². The normalized spacial score (nSPS) is 10.2. The summed E-state index contributed by atoms with van der Waals surface area (Å²) in [7, 11) is 3.18. The highest BCUT2D eigenvalue weighted by Crippen LogP contribution is 2.34. The molecule has 0 aliphatic heterocycles. The van der Waals surface area contributed by atoms with Gasteiger partial charge < -0.3 is 20.5 Å². The second-order valence-corrected chi connectivity index (χ2v) is 5.42. The van der Waals surface area contributed by atoms with E-state index in [-0.39, 0.29) is 0 Å². The van der Waals surface area contributed by atoms with E-state index in [0.717, 1.165) is 11.1 Å². The number of methoxy groups -OCH3 is 2. The van der Waals surface area contributed by atoms with Crippen molar-refractivity contribution in [2.24, 2.45) is 0 Å². The summed E-state index contributed by atoms with van der Waals surface area (Å²) in [5.74, 6) is 1.66. The lowest BCUT2D eigenvalue weighted by Crippen LogP contribution is -1.98. The Balaban J connectivity index is 2.01. The largest absolute Gasteiger partial charge is 0.493 e. The van der Waals surface area contributed by atoms with Crippen molar-refractivity contribution >= 4 is 17.9 Å². The maximum Gasteiger partial charge on any atom is 0.211 e. The average molecular weight is 350 g/mol. The van der Waals surface area contributed by atoms with Gasteiger partial charge in [0.2, 0.25) is 6.41 Å². The number of carbonyl (C=O) groups excluding carboxylic acids is 1. The summed E-state index contributed by atoms with van der Waals surface area (Å²) in [5.41, 5.74) is 9.78. The minimum atomic E-state index is 0.373. The molecule has 0 aliphatic rings. The molecule has 3 N–H and O–H groups in total. The molecule has 1 aromatic carbocycles. The third-order valence-electron chi connectivity index (χ3n) is 3.90. The molecule has 2 aromatic heterocycles. The Morgan fingerprint density at radius 2 is 1.77 bits per heavy atom. The van der Waals surface area contributed by atoms with Gasteiger partial charge in [-0.15, -0.1) is 0 Å². The monoisotopic (exact) mass is 350 g/mol. The van der Waals surface area contributed by atoms with E-state index < -0.39 is 0 Å². The summed E-state index contributed by atoms with van der Waals surface area (Å²) in [6, 6.07) is 11.1. The Morgan fingerprint density at radius 1 is 0.962 bits per heavy atom. The van der Waals surface area contributed by atoms with Gasteiger partial charge in [-0.25, -0.2) is 4.98 Å². The standard InChI is InChI=1S/C19H18N4O3/c1-25-17-6-3-12(8-18(17)26-2)13-7-15(19(20)22-9-13)16-5-4-14(10-21-16)23-11-24/h3-11H,1-2H3,(H2,20,22)(H,23,24). The molecule has 0 radical (unpaired) electrons. The van der Waals surface area contributed by atoms with E-state index in [1.165, 1.54) is 0 Å². The number of benzene rings is 1. The molecule has 2 heterocycles. The highest BCUT2D eigenvalue weighted by atomic mass is 16.5. The van der Waals surface area contributed by atoms with Crippen molar-refractivity contribution in [1.82, 2.24) is 9.97 Å². The summed E-state index contributed by atoms with van der Waals surface area (Å²) >= 11 is 0. The van der Waals surface area contributed by atoms with Crippen molar-refractivity contribution in [1.29, 1.82) is 0 Å². The number of nitrogen functional groups attached to an aromatic ring is 1. The molecule has 0 saturated carbocycles. The minimum Gasteiger partial charge on any atom is -0.493 e. The third kappa shape index (κ3) is 3.41. The number of nitrogens with two attached hydrogens (primary N) is 1. The lowest BCUT2D eigenvalue weighted by molar-refractivity contribution is -0.105. The quantitative estimate of drug-likeness (QED) is 0.663. The number of rotatable bonds is 6. The summed E-state index contributed by atoms with van der Waals surface area (Å²) < 4.78 is 10.6. The topological polar surface area (TPSA) is 99.4 Å². The molecule has 0 fully saturated rings. The van der Waals surface area contributed by atoms with Crippen LogP contribution >= 0.6 is 0 Å². The van der Waals surface area contributed by atoms with Gasteiger partial charge in [0, 0.05) is 17.3 Å². The second-order valence-electron chi connectivity index (χ2n) is 5.42. The zero-order chi connectivity index (χ0) is 18.5. The predicted molar refractivity (Wildman–Crippen MR) is 100 cm³/mol. The molecule has 26 heavy (non-hydrogen) atoms. The first-order valence-corrected chi connectivity index (χ1v) is 7.80. The van der Waals surface area contributed by atoms with E-state index in [1.54, 1.807) is 38.7 Å². The Hall–Kier alpha value is -3.61. The third-order valence-corrected chi connectivity index (χ3v) is 3.90. The van der Waals surface area contributed by atoms with E-state index >= 15 is 0 Å². The van der Waals surface area contributed by atoms with Crippen LogP contribution in [0.5, 0.6) is 11.5 Å². The molecular formula is C19H18N4O3. The number of nitrogens with one attached hydrogen (secondary N) is 1. The van der Waals surface area contributed by atoms with Crippen LogP contribution in [0.4, 0.5) is 11.5 Å². The number of carbonyl (C=O) groups is 1. The molecule has 7 heteroatoms. The Bertz CT molecular complexity index is 927. The summed E-state index contributed by atoms with van der Waals surface area (Å²) in [6.07, 6.45) is 3.86. The second kappa shape index (κ2) is 7.52. The van der Waals surface area contributed by atoms with Crippen LogP contribution in [0, 0.1) is 0 Å². The van der Waals surface area contributed by atoms with Gasteiger partial charge in [-0.3, -0.25) is 9.78 Å². The number of aromatic nitrogens is 2. The van der Waals surface area contributed by atoms with Crippen LogP contribution in [0.3, 0.4) is 0 Å². The van der Waals surface area contributed by atoms with E-state index in [2.05, 4.69) is 15.3 Å². The van der Waals surface area contributed by atoms with Crippen LogP contribution in [0.2, 0.25) is 0 Å². The first-order valence-electron chi connectivity index (χ1n) is 7.80. The predicted octanol–water partition coefficient (Wildman–Crippen LogP) is 2.98. The van der Waals surface area contributed by atoms with Crippen molar-refractivity contribution in [2.45, 2.75) is 0 Å². The number of pyridine rings is 2. The molecule has 1 amide bonds. The smallest absolute Gasteiger partial charge is 0.211 e. The van der Waals surface area contributed by atoms with Gasteiger partial charge in [-0.1, -0.05) is 6.07 Å². The Morgan fingerprint density at radius 3 is 2.42 bits per heavy atom. The van der Waals surface area contributed by atoms with Gasteiger partial charge in [0.1, 0.15) is 5.82 Å². The summed E-state index contributed by atoms with van der Waals surface area (Å²) in [4.78, 5) is 19.1. The number of nitrogens with zero attached hydrogens (tertiary/aromatic N) is 2. The Labute approximate surface area is 150 Å². The van der Waals surface area contributed by atoms with Crippen molar-refractivity contribution in [3.05, 3.63) is 48.8 Å². The average Bonchev–Trinajstić information content (AvgIpc) is 2.69. The first-order chi connectivity index (χ1) is 12.7.